The van der Waals surface area contributed by atoms with Crippen LogP contribution < -0.4 is 10.6 Å². The van der Waals surface area contributed by atoms with Crippen LogP contribution in [0.3, 0.4) is 0 Å². The van der Waals surface area contributed by atoms with Gasteiger partial charge in [-0.2, -0.15) is 0 Å². The largest absolute Gasteiger partial charge is 0.453 e. The second-order valence-corrected chi connectivity index (χ2v) is 10.4. The molecule has 0 fully saturated rings. The van der Waals surface area contributed by atoms with E-state index in [1.807, 2.05) is 60.1 Å². The fraction of sp³-hybridized carbons (Fsp3) is 0.273. The maximum absolute atomic E-state index is 13.7. The zero-order chi connectivity index (χ0) is 32.3. The van der Waals surface area contributed by atoms with E-state index in [0.717, 1.165) is 22.5 Å². The van der Waals surface area contributed by atoms with Gasteiger partial charge in [0.1, 0.15) is 17.5 Å². The summed E-state index contributed by atoms with van der Waals surface area (Å²) in [7, 11) is 4.42. The zero-order valence-corrected chi connectivity index (χ0v) is 25.6. The summed E-state index contributed by atoms with van der Waals surface area (Å²) in [5.41, 5.74) is 4.81. The Bertz CT molecular complexity index is 1680. The van der Waals surface area contributed by atoms with Crippen molar-refractivity contribution in [2.75, 3.05) is 27.3 Å². The number of alkyl carbamates (subject to hydrolysis) is 2. The lowest BCUT2D eigenvalue weighted by atomic mass is 10.1. The monoisotopic (exact) mass is 611 g/mol. The Morgan fingerprint density at radius 3 is 2.13 bits per heavy atom. The average molecular weight is 612 g/mol. The van der Waals surface area contributed by atoms with Gasteiger partial charge in [-0.15, -0.1) is 0 Å². The van der Waals surface area contributed by atoms with Crippen LogP contribution in [0.5, 0.6) is 0 Å². The van der Waals surface area contributed by atoms with Crippen molar-refractivity contribution in [3.63, 3.8) is 0 Å². The van der Waals surface area contributed by atoms with Gasteiger partial charge >= 0.3 is 12.2 Å². The van der Waals surface area contributed by atoms with Crippen LogP contribution in [0.1, 0.15) is 39.3 Å². The van der Waals surface area contributed by atoms with Gasteiger partial charge in [0.25, 0.3) is 5.91 Å². The summed E-state index contributed by atoms with van der Waals surface area (Å²) in [5.74, 6) is 0.610. The normalized spacial score (nSPS) is 10.6. The molecule has 3 amide bonds. The van der Waals surface area contributed by atoms with E-state index in [1.54, 1.807) is 29.2 Å². The number of amidine groups is 2. The molecule has 0 aliphatic heterocycles. The number of imidazole rings is 1. The van der Waals surface area contributed by atoms with Crippen molar-refractivity contribution in [2.45, 2.75) is 25.7 Å². The van der Waals surface area contributed by atoms with Crippen molar-refractivity contribution in [1.29, 1.82) is 10.8 Å². The number of fused-ring (bicyclic) bond motifs is 1. The topological polar surface area (TPSA) is 162 Å². The Balaban J connectivity index is 1.45. The molecule has 0 unspecified atom stereocenters. The summed E-state index contributed by atoms with van der Waals surface area (Å²) < 4.78 is 11.1. The molecule has 0 bridgehead atoms. The van der Waals surface area contributed by atoms with Crippen molar-refractivity contribution >= 4 is 40.8 Å². The van der Waals surface area contributed by atoms with Gasteiger partial charge < -0.3 is 18.9 Å². The standard InChI is InChI=1S/C33H37N7O5/c1-39-27-15-14-25(31(41)40(19-17-22-7-5-4-6-8-22)20-18-28(34)37-32(42)44-2)21-26(27)36-29(39)16-11-23-9-12-24(13-10-23)30(35)38-33(43)45-3/h4-10,12-15,21H,11,16-20H2,1-3H3,(H2,34,37,42)(H2,35,38,43). The fourth-order valence-electron chi connectivity index (χ4n) is 4.82. The first-order valence-corrected chi connectivity index (χ1v) is 14.4. The molecule has 234 valence electrons. The molecule has 0 radical (unpaired) electrons. The molecule has 0 atom stereocenters. The SMILES string of the molecule is COC(=O)NC(=N)CCN(CCc1ccccc1)C(=O)c1ccc2c(c1)nc(CCc1ccc(C(=N)NC(=O)OC)cc1)n2C. The van der Waals surface area contributed by atoms with E-state index >= 15 is 0 Å². The maximum Gasteiger partial charge on any atom is 0.412 e. The lowest BCUT2D eigenvalue weighted by molar-refractivity contribution is 0.0761. The number of nitrogens with one attached hydrogen (secondary N) is 4. The van der Waals surface area contributed by atoms with Crippen LogP contribution in [0, 0.1) is 10.8 Å². The lowest BCUT2D eigenvalue weighted by Gasteiger charge is -2.23. The average Bonchev–Trinajstić information content (AvgIpc) is 3.38. The van der Waals surface area contributed by atoms with Crippen molar-refractivity contribution in [3.8, 4) is 0 Å². The number of rotatable bonds is 11. The Kier molecular flexibility index (Phi) is 11.0. The highest BCUT2D eigenvalue weighted by molar-refractivity contribution is 6.04. The molecule has 4 rings (SSSR count). The van der Waals surface area contributed by atoms with Crippen LogP contribution in [0.15, 0.2) is 72.8 Å². The number of aromatic nitrogens is 2. The number of hydrogen-bond donors (Lipinski definition) is 4. The van der Waals surface area contributed by atoms with Crippen LogP contribution in [-0.4, -0.2) is 71.5 Å². The van der Waals surface area contributed by atoms with E-state index in [9.17, 15) is 14.4 Å². The highest BCUT2D eigenvalue weighted by atomic mass is 16.5. The second kappa shape index (κ2) is 15.3. The van der Waals surface area contributed by atoms with Gasteiger partial charge in [0.05, 0.1) is 25.3 Å². The quantitative estimate of drug-likeness (QED) is 0.145. The molecule has 0 spiro atoms. The Morgan fingerprint density at radius 2 is 1.44 bits per heavy atom. The predicted molar refractivity (Wildman–Crippen MR) is 171 cm³/mol. The Hall–Kier alpha value is -5.52. The van der Waals surface area contributed by atoms with Crippen LogP contribution in [-0.2, 0) is 35.8 Å². The van der Waals surface area contributed by atoms with Crippen LogP contribution in [0.4, 0.5) is 9.59 Å². The number of carbonyl (C=O) groups is 3. The summed E-state index contributed by atoms with van der Waals surface area (Å²) in [6.07, 6.45) is 0.761. The molecular formula is C33H37N7O5. The number of methoxy groups -OCH3 is 2. The summed E-state index contributed by atoms with van der Waals surface area (Å²) in [4.78, 5) is 43.1. The highest BCUT2D eigenvalue weighted by Gasteiger charge is 2.19. The number of ether oxygens (including phenoxy) is 2. The van der Waals surface area contributed by atoms with Gasteiger partial charge in [-0.25, -0.2) is 14.6 Å². The molecule has 4 aromatic rings. The fourth-order valence-corrected chi connectivity index (χ4v) is 4.82. The van der Waals surface area contributed by atoms with Gasteiger partial charge in [0.15, 0.2) is 0 Å². The molecule has 12 heteroatoms. The molecule has 0 aliphatic rings. The second-order valence-electron chi connectivity index (χ2n) is 10.4. The smallest absolute Gasteiger partial charge is 0.412 e. The van der Waals surface area contributed by atoms with E-state index < -0.39 is 12.2 Å². The van der Waals surface area contributed by atoms with Crippen LogP contribution in [0.2, 0.25) is 0 Å². The Morgan fingerprint density at radius 1 is 0.800 bits per heavy atom. The van der Waals surface area contributed by atoms with E-state index in [-0.39, 0.29) is 30.5 Å². The third-order valence-corrected chi connectivity index (χ3v) is 7.38. The Labute approximate surface area is 261 Å². The molecule has 0 aliphatic carbocycles. The van der Waals surface area contributed by atoms with Gasteiger partial charge in [-0.3, -0.25) is 26.2 Å². The molecule has 0 saturated carbocycles. The minimum atomic E-state index is -0.718. The molecule has 12 nitrogen and oxygen atoms in total. The number of nitrogens with zero attached hydrogens (tertiary/aromatic N) is 3. The van der Waals surface area contributed by atoms with Gasteiger partial charge in [0.2, 0.25) is 0 Å². The first kappa shape index (κ1) is 32.4. The minimum Gasteiger partial charge on any atom is -0.453 e. The number of carbonyl (C=O) groups excluding carboxylic acids is 3. The van der Waals surface area contributed by atoms with Crippen molar-refractivity contribution in [1.82, 2.24) is 25.1 Å². The summed E-state index contributed by atoms with van der Waals surface area (Å²) >= 11 is 0. The summed E-state index contributed by atoms with van der Waals surface area (Å²) in [6, 6.07) is 22.7. The number of hydrogen-bond acceptors (Lipinski definition) is 8. The number of benzene rings is 3. The van der Waals surface area contributed by atoms with Gasteiger partial charge in [-0.05, 0) is 42.2 Å². The van der Waals surface area contributed by atoms with Gasteiger partial charge in [-0.1, -0.05) is 54.6 Å². The summed E-state index contributed by atoms with van der Waals surface area (Å²) in [6.45, 7) is 0.688. The van der Waals surface area contributed by atoms with Gasteiger partial charge in [0, 0.05) is 44.1 Å². The molecule has 0 saturated heterocycles. The maximum atomic E-state index is 13.7. The lowest BCUT2D eigenvalue weighted by Crippen LogP contribution is -2.37. The molecule has 3 aromatic carbocycles. The number of amides is 3. The summed E-state index contributed by atoms with van der Waals surface area (Å²) in [5, 5.41) is 20.8. The van der Waals surface area contributed by atoms with E-state index in [2.05, 4.69) is 20.1 Å². The van der Waals surface area contributed by atoms with Crippen molar-refractivity contribution < 1.29 is 23.9 Å². The highest BCUT2D eigenvalue weighted by Crippen LogP contribution is 2.20. The van der Waals surface area contributed by atoms with E-state index in [4.69, 9.17) is 15.8 Å². The first-order chi connectivity index (χ1) is 21.7. The molecular weight excluding hydrogens is 574 g/mol. The third kappa shape index (κ3) is 8.75. The zero-order valence-electron chi connectivity index (χ0n) is 25.6. The van der Waals surface area contributed by atoms with Crippen LogP contribution >= 0.6 is 0 Å². The third-order valence-electron chi connectivity index (χ3n) is 7.38. The molecule has 1 aromatic heterocycles. The van der Waals surface area contributed by atoms with E-state index in [0.29, 0.717) is 42.5 Å². The van der Waals surface area contributed by atoms with Crippen molar-refractivity contribution in [2.24, 2.45) is 7.05 Å². The van der Waals surface area contributed by atoms with Crippen molar-refractivity contribution in [3.05, 3.63) is 101 Å². The minimum absolute atomic E-state index is 0.0325. The molecule has 4 N–H and O–H groups in total. The molecule has 1 heterocycles. The number of aryl methyl sites for hydroxylation is 3. The first-order valence-electron chi connectivity index (χ1n) is 14.4. The van der Waals surface area contributed by atoms with E-state index in [1.165, 1.54) is 14.2 Å². The molecule has 45 heavy (non-hydrogen) atoms. The van der Waals surface area contributed by atoms with Crippen LogP contribution in [0.25, 0.3) is 11.0 Å². The predicted octanol–water partition coefficient (Wildman–Crippen LogP) is 4.45.